The molecular formula is C25H16F2O. The minimum absolute atomic E-state index is 0.316. The van der Waals surface area contributed by atoms with Gasteiger partial charge in [0.25, 0.3) is 0 Å². The molecule has 136 valence electrons. The third kappa shape index (κ3) is 2.59. The van der Waals surface area contributed by atoms with Gasteiger partial charge in [-0.3, -0.25) is 0 Å². The number of halogens is 2. The molecule has 0 fully saturated rings. The van der Waals surface area contributed by atoms with Crippen LogP contribution in [0, 0.1) is 11.6 Å². The Morgan fingerprint density at radius 3 is 1.89 bits per heavy atom. The van der Waals surface area contributed by atoms with Gasteiger partial charge in [-0.15, -0.1) is 0 Å². The lowest BCUT2D eigenvalue weighted by Crippen LogP contribution is -2.34. The first kappa shape index (κ1) is 16.7. The molecule has 4 aromatic rings. The van der Waals surface area contributed by atoms with Crippen LogP contribution in [0.3, 0.4) is 0 Å². The zero-order chi connectivity index (χ0) is 19.1. The van der Waals surface area contributed by atoms with Crippen molar-refractivity contribution in [1.29, 1.82) is 0 Å². The zero-order valence-electron chi connectivity index (χ0n) is 14.9. The predicted molar refractivity (Wildman–Crippen MR) is 107 cm³/mol. The van der Waals surface area contributed by atoms with E-state index in [9.17, 15) is 8.78 Å². The van der Waals surface area contributed by atoms with Crippen LogP contribution in [0.25, 0.3) is 16.8 Å². The normalized spacial score (nSPS) is 14.5. The molecule has 0 radical (unpaired) electrons. The molecule has 0 amide bonds. The van der Waals surface area contributed by atoms with E-state index < -0.39 is 5.60 Å². The van der Waals surface area contributed by atoms with Crippen LogP contribution in [-0.2, 0) is 5.60 Å². The van der Waals surface area contributed by atoms with Gasteiger partial charge < -0.3 is 4.74 Å². The van der Waals surface area contributed by atoms with Gasteiger partial charge in [0.15, 0.2) is 5.60 Å². The minimum atomic E-state index is -0.961. The van der Waals surface area contributed by atoms with Crippen molar-refractivity contribution in [1.82, 2.24) is 0 Å². The molecule has 0 unspecified atom stereocenters. The first-order valence-electron chi connectivity index (χ1n) is 9.08. The highest BCUT2D eigenvalue weighted by Gasteiger charge is 2.37. The average molecular weight is 370 g/mol. The van der Waals surface area contributed by atoms with E-state index >= 15 is 0 Å². The van der Waals surface area contributed by atoms with Gasteiger partial charge in [0.1, 0.15) is 17.4 Å². The van der Waals surface area contributed by atoms with Crippen molar-refractivity contribution in [3.63, 3.8) is 0 Å². The molecule has 0 aliphatic carbocycles. The maximum absolute atomic E-state index is 13.5. The molecule has 0 N–H and O–H groups in total. The largest absolute Gasteiger partial charge is 0.473 e. The topological polar surface area (TPSA) is 9.23 Å². The summed E-state index contributed by atoms with van der Waals surface area (Å²) in [5.74, 6) is 0.100. The molecule has 5 rings (SSSR count). The highest BCUT2D eigenvalue weighted by atomic mass is 19.1. The van der Waals surface area contributed by atoms with Crippen molar-refractivity contribution >= 4 is 16.8 Å². The maximum Gasteiger partial charge on any atom is 0.178 e. The number of hydrogen-bond acceptors (Lipinski definition) is 1. The van der Waals surface area contributed by atoms with Crippen molar-refractivity contribution in [3.8, 4) is 5.75 Å². The predicted octanol–water partition coefficient (Wildman–Crippen LogP) is 6.47. The molecule has 0 atom stereocenters. The quantitative estimate of drug-likeness (QED) is 0.393. The molecule has 0 saturated heterocycles. The molecule has 1 nitrogen and oxygen atoms in total. The van der Waals surface area contributed by atoms with Crippen LogP contribution < -0.4 is 4.74 Å². The first-order valence-corrected chi connectivity index (χ1v) is 9.08. The van der Waals surface area contributed by atoms with Gasteiger partial charge in [-0.25, -0.2) is 8.78 Å². The summed E-state index contributed by atoms with van der Waals surface area (Å²) in [5, 5.41) is 2.23. The molecular weight excluding hydrogens is 354 g/mol. The zero-order valence-corrected chi connectivity index (χ0v) is 14.9. The molecule has 0 aromatic heterocycles. The Morgan fingerprint density at radius 1 is 0.643 bits per heavy atom. The number of hydrogen-bond donors (Lipinski definition) is 0. The van der Waals surface area contributed by atoms with E-state index in [0.29, 0.717) is 0 Å². The van der Waals surface area contributed by atoms with Gasteiger partial charge in [0.2, 0.25) is 0 Å². The second kappa shape index (κ2) is 6.31. The summed E-state index contributed by atoms with van der Waals surface area (Å²) in [7, 11) is 0. The highest BCUT2D eigenvalue weighted by molar-refractivity contribution is 5.94. The van der Waals surface area contributed by atoms with Gasteiger partial charge in [0.05, 0.1) is 0 Å². The second-order valence-electron chi connectivity index (χ2n) is 6.88. The fourth-order valence-electron chi connectivity index (χ4n) is 3.82. The van der Waals surface area contributed by atoms with Crippen LogP contribution in [0.5, 0.6) is 5.75 Å². The third-order valence-corrected chi connectivity index (χ3v) is 5.23. The van der Waals surface area contributed by atoms with Crippen LogP contribution in [0.4, 0.5) is 8.78 Å². The molecule has 0 bridgehead atoms. The summed E-state index contributed by atoms with van der Waals surface area (Å²) < 4.78 is 33.6. The van der Waals surface area contributed by atoms with E-state index in [1.807, 2.05) is 36.4 Å². The standard InChI is InChI=1S/C25H16F2O/c26-20-10-6-18(7-11-20)25(19-8-12-21(27)13-9-19)16-15-23-22-4-2-1-3-17(22)5-14-24(23)28-25/h1-16H. The highest BCUT2D eigenvalue weighted by Crippen LogP contribution is 2.44. The summed E-state index contributed by atoms with van der Waals surface area (Å²) in [4.78, 5) is 0. The third-order valence-electron chi connectivity index (χ3n) is 5.23. The van der Waals surface area contributed by atoms with Gasteiger partial charge in [-0.1, -0.05) is 54.6 Å². The van der Waals surface area contributed by atoms with Gasteiger partial charge in [-0.2, -0.15) is 0 Å². The summed E-state index contributed by atoms with van der Waals surface area (Å²) in [5.41, 5.74) is 1.58. The lowest BCUT2D eigenvalue weighted by atomic mass is 9.83. The molecule has 0 spiro atoms. The summed E-state index contributed by atoms with van der Waals surface area (Å²) in [6.45, 7) is 0. The molecule has 1 aliphatic heterocycles. The Kier molecular flexibility index (Phi) is 3.76. The number of rotatable bonds is 2. The molecule has 4 aromatic carbocycles. The van der Waals surface area contributed by atoms with Crippen molar-refractivity contribution < 1.29 is 13.5 Å². The Hall–Kier alpha value is -3.46. The van der Waals surface area contributed by atoms with E-state index in [1.165, 1.54) is 24.3 Å². The molecule has 1 heterocycles. The Balaban J connectivity index is 1.73. The Morgan fingerprint density at radius 2 is 1.25 bits per heavy atom. The lowest BCUT2D eigenvalue weighted by Gasteiger charge is -2.36. The van der Waals surface area contributed by atoms with Crippen LogP contribution in [0.1, 0.15) is 16.7 Å². The van der Waals surface area contributed by atoms with Gasteiger partial charge in [-0.05, 0) is 53.3 Å². The van der Waals surface area contributed by atoms with Crippen LogP contribution >= 0.6 is 0 Å². The van der Waals surface area contributed by atoms with E-state index in [-0.39, 0.29) is 11.6 Å². The van der Waals surface area contributed by atoms with E-state index in [2.05, 4.69) is 12.1 Å². The lowest BCUT2D eigenvalue weighted by molar-refractivity contribution is 0.161. The summed E-state index contributed by atoms with van der Waals surface area (Å²) >= 11 is 0. The van der Waals surface area contributed by atoms with Crippen molar-refractivity contribution in [2.75, 3.05) is 0 Å². The summed E-state index contributed by atoms with van der Waals surface area (Å²) in [6.07, 6.45) is 4.00. The second-order valence-corrected chi connectivity index (χ2v) is 6.88. The maximum atomic E-state index is 13.5. The van der Waals surface area contributed by atoms with Gasteiger partial charge >= 0.3 is 0 Å². The van der Waals surface area contributed by atoms with Crippen LogP contribution in [0.15, 0.2) is 91.0 Å². The number of benzene rings is 4. The van der Waals surface area contributed by atoms with Crippen molar-refractivity contribution in [3.05, 3.63) is 119 Å². The average Bonchev–Trinajstić information content (AvgIpc) is 2.74. The number of ether oxygens (including phenoxy) is 1. The minimum Gasteiger partial charge on any atom is -0.473 e. The number of fused-ring (bicyclic) bond motifs is 3. The fraction of sp³-hybridized carbons (Fsp3) is 0.0400. The Labute approximate surface area is 161 Å². The fourth-order valence-corrected chi connectivity index (χ4v) is 3.82. The van der Waals surface area contributed by atoms with E-state index in [1.54, 1.807) is 24.3 Å². The Bertz CT molecular complexity index is 1150. The smallest absolute Gasteiger partial charge is 0.178 e. The molecule has 0 saturated carbocycles. The van der Waals surface area contributed by atoms with Crippen molar-refractivity contribution in [2.24, 2.45) is 0 Å². The van der Waals surface area contributed by atoms with Crippen LogP contribution in [0.2, 0.25) is 0 Å². The first-order chi connectivity index (χ1) is 13.7. The van der Waals surface area contributed by atoms with E-state index in [0.717, 1.165) is 33.2 Å². The molecule has 28 heavy (non-hydrogen) atoms. The van der Waals surface area contributed by atoms with Crippen molar-refractivity contribution in [2.45, 2.75) is 5.60 Å². The van der Waals surface area contributed by atoms with Gasteiger partial charge in [0, 0.05) is 16.7 Å². The molecule has 1 aliphatic rings. The van der Waals surface area contributed by atoms with Crippen LogP contribution in [-0.4, -0.2) is 0 Å². The molecule has 3 heteroatoms. The van der Waals surface area contributed by atoms with E-state index in [4.69, 9.17) is 4.74 Å². The monoisotopic (exact) mass is 370 g/mol. The SMILES string of the molecule is Fc1ccc(C2(c3ccc(F)cc3)C=Cc3c(ccc4ccccc34)O2)cc1. The summed E-state index contributed by atoms with van der Waals surface area (Å²) in [6, 6.07) is 24.5.